The molecule has 0 aliphatic carbocycles. The number of aliphatic hydroxyl groups is 1. The molecule has 0 aliphatic rings. The van der Waals surface area contributed by atoms with Crippen LogP contribution in [0.15, 0.2) is 69.9 Å². The summed E-state index contributed by atoms with van der Waals surface area (Å²) < 4.78 is 10.5. The van der Waals surface area contributed by atoms with Crippen molar-refractivity contribution in [3.8, 4) is 11.1 Å². The molecule has 2 aromatic heterocycles. The number of carbonyl (C=O) groups is 1. The van der Waals surface area contributed by atoms with Gasteiger partial charge in [-0.05, 0) is 30.7 Å². The lowest BCUT2D eigenvalue weighted by Crippen LogP contribution is -2.33. The highest BCUT2D eigenvalue weighted by Crippen LogP contribution is 2.25. The molecule has 0 fully saturated rings. The molecule has 5 heteroatoms. The second-order valence-corrected chi connectivity index (χ2v) is 5.67. The van der Waals surface area contributed by atoms with Gasteiger partial charge in [0.05, 0.1) is 12.5 Å². The molecule has 0 saturated heterocycles. The Hall–Kier alpha value is -2.79. The molecular weight excluding hydrogens is 306 g/mol. The van der Waals surface area contributed by atoms with Gasteiger partial charge in [-0.25, -0.2) is 0 Å². The van der Waals surface area contributed by atoms with Crippen LogP contribution in [0, 0.1) is 0 Å². The van der Waals surface area contributed by atoms with Crippen molar-refractivity contribution in [2.75, 3.05) is 0 Å². The van der Waals surface area contributed by atoms with E-state index in [1.165, 1.54) is 12.5 Å². The highest BCUT2D eigenvalue weighted by atomic mass is 16.4. The van der Waals surface area contributed by atoms with E-state index in [-0.39, 0.29) is 17.7 Å². The van der Waals surface area contributed by atoms with E-state index in [0.717, 1.165) is 11.1 Å². The lowest BCUT2D eigenvalue weighted by molar-refractivity contribution is 0.0877. The second-order valence-electron chi connectivity index (χ2n) is 5.67. The third-order valence-corrected chi connectivity index (χ3v) is 3.78. The molecule has 124 valence electrons. The number of hydrogen-bond acceptors (Lipinski definition) is 4. The van der Waals surface area contributed by atoms with Gasteiger partial charge < -0.3 is 19.3 Å². The van der Waals surface area contributed by atoms with Crippen LogP contribution in [0.3, 0.4) is 0 Å². The van der Waals surface area contributed by atoms with E-state index in [4.69, 9.17) is 8.83 Å². The smallest absolute Gasteiger partial charge is 0.287 e. The topological polar surface area (TPSA) is 75.6 Å². The van der Waals surface area contributed by atoms with E-state index < -0.39 is 6.10 Å². The summed E-state index contributed by atoms with van der Waals surface area (Å²) in [5.74, 6) is 0.442. The maximum atomic E-state index is 12.5. The van der Waals surface area contributed by atoms with Crippen LogP contribution in [0.1, 0.15) is 35.8 Å². The third kappa shape index (κ3) is 3.58. The normalized spacial score (nSPS) is 13.4. The van der Waals surface area contributed by atoms with Gasteiger partial charge in [-0.15, -0.1) is 0 Å². The number of aliphatic hydroxyl groups excluding tert-OH is 1. The summed E-state index contributed by atoms with van der Waals surface area (Å²) in [5.41, 5.74) is 1.66. The largest absolute Gasteiger partial charge is 0.467 e. The molecule has 2 N–H and O–H groups in total. The van der Waals surface area contributed by atoms with Crippen molar-refractivity contribution in [2.45, 2.75) is 25.5 Å². The van der Waals surface area contributed by atoms with Crippen molar-refractivity contribution in [1.82, 2.24) is 5.32 Å². The van der Waals surface area contributed by atoms with E-state index in [1.54, 1.807) is 18.2 Å². The number of amides is 1. The first-order valence-corrected chi connectivity index (χ1v) is 7.80. The van der Waals surface area contributed by atoms with E-state index in [1.807, 2.05) is 37.3 Å². The molecule has 0 aliphatic heterocycles. The molecule has 3 aromatic rings. The van der Waals surface area contributed by atoms with E-state index in [2.05, 4.69) is 5.32 Å². The van der Waals surface area contributed by atoms with Gasteiger partial charge in [-0.1, -0.05) is 30.3 Å². The standard InChI is InChI=1S/C19H19NO4/c1-13(12-16(21)17-8-5-10-23-17)20-19(22)18-15(9-11-24-18)14-6-3-2-4-7-14/h2-11,13,16,21H,12H2,1H3,(H,20,22)/t13-,16-/m0/s1. The van der Waals surface area contributed by atoms with Gasteiger partial charge in [0.1, 0.15) is 11.9 Å². The monoisotopic (exact) mass is 325 g/mol. The minimum Gasteiger partial charge on any atom is -0.467 e. The highest BCUT2D eigenvalue weighted by Gasteiger charge is 2.21. The first-order valence-electron chi connectivity index (χ1n) is 7.80. The van der Waals surface area contributed by atoms with Crippen LogP contribution >= 0.6 is 0 Å². The fourth-order valence-electron chi connectivity index (χ4n) is 2.61. The third-order valence-electron chi connectivity index (χ3n) is 3.78. The van der Waals surface area contributed by atoms with Crippen molar-refractivity contribution in [3.63, 3.8) is 0 Å². The average Bonchev–Trinajstić information content (AvgIpc) is 3.27. The average molecular weight is 325 g/mol. The Bertz CT molecular complexity index is 777. The lowest BCUT2D eigenvalue weighted by atomic mass is 10.1. The van der Waals surface area contributed by atoms with Crippen LogP contribution in [-0.2, 0) is 0 Å². The van der Waals surface area contributed by atoms with E-state index in [9.17, 15) is 9.90 Å². The SMILES string of the molecule is C[C@@H](C[C@H](O)c1ccco1)NC(=O)c1occc1-c1ccccc1. The lowest BCUT2D eigenvalue weighted by Gasteiger charge is -2.16. The van der Waals surface area contributed by atoms with Crippen molar-refractivity contribution >= 4 is 5.91 Å². The predicted octanol–water partition coefficient (Wildman–Crippen LogP) is 3.78. The number of hydrogen-bond donors (Lipinski definition) is 2. The summed E-state index contributed by atoms with van der Waals surface area (Å²) in [4.78, 5) is 12.5. The van der Waals surface area contributed by atoms with Gasteiger partial charge in [0.2, 0.25) is 0 Å². The van der Waals surface area contributed by atoms with E-state index in [0.29, 0.717) is 12.2 Å². The van der Waals surface area contributed by atoms with Crippen LogP contribution in [0.2, 0.25) is 0 Å². The molecule has 0 spiro atoms. The van der Waals surface area contributed by atoms with Gasteiger partial charge in [-0.3, -0.25) is 4.79 Å². The Kier molecular flexibility index (Phi) is 4.82. The number of furan rings is 2. The van der Waals surface area contributed by atoms with Gasteiger partial charge in [-0.2, -0.15) is 0 Å². The van der Waals surface area contributed by atoms with Crippen molar-refractivity contribution in [3.05, 3.63) is 72.6 Å². The summed E-state index contributed by atoms with van der Waals surface area (Å²) in [6, 6.07) is 14.5. The zero-order chi connectivity index (χ0) is 16.9. The zero-order valence-corrected chi connectivity index (χ0v) is 13.3. The number of nitrogens with one attached hydrogen (secondary N) is 1. The molecule has 24 heavy (non-hydrogen) atoms. The molecule has 3 rings (SSSR count). The minimum atomic E-state index is -0.763. The van der Waals surface area contributed by atoms with E-state index >= 15 is 0 Å². The molecule has 0 unspecified atom stereocenters. The fraction of sp³-hybridized carbons (Fsp3) is 0.211. The van der Waals surface area contributed by atoms with Crippen LogP contribution in [0.4, 0.5) is 0 Å². The van der Waals surface area contributed by atoms with Crippen LogP contribution in [-0.4, -0.2) is 17.1 Å². The number of rotatable bonds is 6. The number of carbonyl (C=O) groups excluding carboxylic acids is 1. The van der Waals surface area contributed by atoms with Gasteiger partial charge in [0.15, 0.2) is 5.76 Å². The summed E-state index contributed by atoms with van der Waals surface area (Å²) >= 11 is 0. The zero-order valence-electron chi connectivity index (χ0n) is 13.3. The molecule has 1 aromatic carbocycles. The predicted molar refractivity (Wildman–Crippen MR) is 89.4 cm³/mol. The first kappa shape index (κ1) is 16.1. The van der Waals surface area contributed by atoms with Crippen LogP contribution in [0.25, 0.3) is 11.1 Å². The maximum absolute atomic E-state index is 12.5. The molecule has 1 amide bonds. The Labute approximate surface area is 139 Å². The van der Waals surface area contributed by atoms with Crippen LogP contribution in [0.5, 0.6) is 0 Å². The molecule has 2 heterocycles. The Morgan fingerprint density at radius 2 is 1.88 bits per heavy atom. The van der Waals surface area contributed by atoms with Gasteiger partial charge in [0.25, 0.3) is 5.91 Å². The maximum Gasteiger partial charge on any atom is 0.287 e. The summed E-state index contributed by atoms with van der Waals surface area (Å²) in [7, 11) is 0. The Balaban J connectivity index is 1.66. The quantitative estimate of drug-likeness (QED) is 0.723. The van der Waals surface area contributed by atoms with Crippen molar-refractivity contribution < 1.29 is 18.7 Å². The number of benzene rings is 1. The molecule has 0 saturated carbocycles. The highest BCUT2D eigenvalue weighted by molar-refractivity contribution is 5.98. The molecular formula is C19H19NO4. The first-order chi connectivity index (χ1) is 11.6. The molecule has 0 radical (unpaired) electrons. The second kappa shape index (κ2) is 7.19. The van der Waals surface area contributed by atoms with Crippen LogP contribution < -0.4 is 5.32 Å². The summed E-state index contributed by atoms with van der Waals surface area (Å²) in [6.07, 6.45) is 2.59. The summed E-state index contributed by atoms with van der Waals surface area (Å²) in [6.45, 7) is 1.83. The van der Waals surface area contributed by atoms with Gasteiger partial charge >= 0.3 is 0 Å². The Morgan fingerprint density at radius 1 is 1.08 bits per heavy atom. The Morgan fingerprint density at radius 3 is 2.58 bits per heavy atom. The van der Waals surface area contributed by atoms with Gasteiger partial charge in [0, 0.05) is 18.0 Å². The minimum absolute atomic E-state index is 0.244. The molecule has 5 nitrogen and oxygen atoms in total. The molecule has 2 atom stereocenters. The summed E-state index contributed by atoms with van der Waals surface area (Å²) in [5, 5.41) is 12.9. The fourth-order valence-corrected chi connectivity index (χ4v) is 2.61. The molecule has 0 bridgehead atoms. The van der Waals surface area contributed by atoms with Crippen molar-refractivity contribution in [2.24, 2.45) is 0 Å². The van der Waals surface area contributed by atoms with Crippen molar-refractivity contribution in [1.29, 1.82) is 0 Å².